The highest BCUT2D eigenvalue weighted by atomic mass is 19.1. The maximum absolute atomic E-state index is 13.7. The van der Waals surface area contributed by atoms with E-state index in [9.17, 15) is 14.3 Å². The Bertz CT molecular complexity index is 475. The van der Waals surface area contributed by atoms with Crippen molar-refractivity contribution in [3.05, 3.63) is 29.1 Å². The van der Waals surface area contributed by atoms with Gasteiger partial charge in [-0.05, 0) is 38.0 Å². The van der Waals surface area contributed by atoms with Gasteiger partial charge >= 0.3 is 0 Å². The van der Waals surface area contributed by atoms with E-state index < -0.39 is 6.10 Å². The first-order chi connectivity index (χ1) is 9.40. The Hall–Kier alpha value is -1.62. The third-order valence-corrected chi connectivity index (χ3v) is 3.21. The summed E-state index contributed by atoms with van der Waals surface area (Å²) in [5.41, 5.74) is 1.72. The predicted octanol–water partition coefficient (Wildman–Crippen LogP) is 2.15. The van der Waals surface area contributed by atoms with Crippen molar-refractivity contribution in [3.8, 4) is 0 Å². The standard InChI is InChI=1S/C15H23FN2O2/c1-5-6-18(9-15(20)17-4)14-7-10(2)13(16)8-12(14)11(3)19/h7-8,11,19H,5-6,9H2,1-4H3,(H,17,20)/t11-/m1/s1. The molecule has 0 bridgehead atoms. The first-order valence-corrected chi connectivity index (χ1v) is 6.84. The van der Waals surface area contributed by atoms with Gasteiger partial charge < -0.3 is 15.3 Å². The summed E-state index contributed by atoms with van der Waals surface area (Å²) in [6, 6.07) is 3.04. The zero-order valence-electron chi connectivity index (χ0n) is 12.5. The molecule has 112 valence electrons. The third-order valence-electron chi connectivity index (χ3n) is 3.21. The summed E-state index contributed by atoms with van der Waals surface area (Å²) in [4.78, 5) is 13.5. The van der Waals surface area contributed by atoms with Gasteiger partial charge in [-0.3, -0.25) is 4.79 Å². The fraction of sp³-hybridized carbons (Fsp3) is 0.533. The minimum absolute atomic E-state index is 0.114. The number of aliphatic hydroxyl groups excluding tert-OH is 1. The molecular formula is C15H23FN2O2. The largest absolute Gasteiger partial charge is 0.389 e. The molecule has 0 aliphatic heterocycles. The van der Waals surface area contributed by atoms with Crippen molar-refractivity contribution in [2.24, 2.45) is 0 Å². The molecule has 0 fully saturated rings. The molecular weight excluding hydrogens is 259 g/mol. The van der Waals surface area contributed by atoms with Gasteiger partial charge in [0.05, 0.1) is 12.6 Å². The highest BCUT2D eigenvalue weighted by Gasteiger charge is 2.18. The second-order valence-corrected chi connectivity index (χ2v) is 4.93. The average Bonchev–Trinajstić information content (AvgIpc) is 2.40. The summed E-state index contributed by atoms with van der Waals surface area (Å²) in [5.74, 6) is -0.460. The van der Waals surface area contributed by atoms with Crippen LogP contribution in [0.25, 0.3) is 0 Å². The second kappa shape index (κ2) is 7.24. The zero-order valence-corrected chi connectivity index (χ0v) is 12.5. The molecule has 0 heterocycles. The molecule has 20 heavy (non-hydrogen) atoms. The first kappa shape index (κ1) is 16.4. The molecule has 0 aliphatic rings. The topological polar surface area (TPSA) is 52.6 Å². The third kappa shape index (κ3) is 3.93. The molecule has 1 atom stereocenters. The molecule has 4 nitrogen and oxygen atoms in total. The van der Waals surface area contributed by atoms with Crippen LogP contribution in [0.5, 0.6) is 0 Å². The highest BCUT2D eigenvalue weighted by molar-refractivity contribution is 5.81. The van der Waals surface area contributed by atoms with Gasteiger partial charge in [0.1, 0.15) is 5.82 Å². The van der Waals surface area contributed by atoms with Crippen molar-refractivity contribution >= 4 is 11.6 Å². The Morgan fingerprint density at radius 3 is 2.65 bits per heavy atom. The molecule has 0 spiro atoms. The minimum atomic E-state index is -0.788. The number of likely N-dealkylation sites (N-methyl/N-ethyl adjacent to an activating group) is 1. The van der Waals surface area contributed by atoms with Crippen LogP contribution in [0, 0.1) is 12.7 Å². The normalized spacial score (nSPS) is 12.1. The molecule has 2 N–H and O–H groups in total. The van der Waals surface area contributed by atoms with Crippen LogP contribution >= 0.6 is 0 Å². The van der Waals surface area contributed by atoms with E-state index in [1.165, 1.54) is 6.07 Å². The Morgan fingerprint density at radius 1 is 1.50 bits per heavy atom. The molecule has 0 unspecified atom stereocenters. The number of aliphatic hydroxyl groups is 1. The fourth-order valence-electron chi connectivity index (χ4n) is 2.10. The summed E-state index contributed by atoms with van der Waals surface area (Å²) in [6.07, 6.45) is 0.0660. The number of nitrogens with zero attached hydrogens (tertiary/aromatic N) is 1. The number of rotatable bonds is 6. The van der Waals surface area contributed by atoms with Gasteiger partial charge in [0.2, 0.25) is 5.91 Å². The first-order valence-electron chi connectivity index (χ1n) is 6.84. The van der Waals surface area contributed by atoms with Crippen molar-refractivity contribution in [1.29, 1.82) is 0 Å². The van der Waals surface area contributed by atoms with Gasteiger partial charge in [-0.25, -0.2) is 4.39 Å². The van der Waals surface area contributed by atoms with Crippen LogP contribution in [0.3, 0.4) is 0 Å². The molecule has 0 radical (unpaired) electrons. The SMILES string of the molecule is CCCN(CC(=O)NC)c1cc(C)c(F)cc1[C@@H](C)O. The Morgan fingerprint density at radius 2 is 2.15 bits per heavy atom. The number of hydrogen-bond acceptors (Lipinski definition) is 3. The molecule has 0 aromatic heterocycles. The number of benzene rings is 1. The van der Waals surface area contributed by atoms with Crippen LogP contribution in [0.2, 0.25) is 0 Å². The number of aryl methyl sites for hydroxylation is 1. The lowest BCUT2D eigenvalue weighted by Gasteiger charge is -2.27. The maximum Gasteiger partial charge on any atom is 0.239 e. The molecule has 1 aromatic rings. The van der Waals surface area contributed by atoms with Crippen LogP contribution in [0.4, 0.5) is 10.1 Å². The van der Waals surface area contributed by atoms with Crippen LogP contribution in [-0.2, 0) is 4.79 Å². The van der Waals surface area contributed by atoms with Gasteiger partial charge in [0.15, 0.2) is 0 Å². The van der Waals surface area contributed by atoms with Gasteiger partial charge in [-0.2, -0.15) is 0 Å². The number of anilines is 1. The molecule has 0 saturated carbocycles. The molecule has 1 rings (SSSR count). The minimum Gasteiger partial charge on any atom is -0.389 e. The molecule has 1 amide bonds. The summed E-state index contributed by atoms with van der Waals surface area (Å²) in [5, 5.41) is 12.4. The van der Waals surface area contributed by atoms with Crippen LogP contribution in [-0.4, -0.2) is 31.2 Å². The molecule has 0 aliphatic carbocycles. The molecule has 5 heteroatoms. The summed E-state index contributed by atoms with van der Waals surface area (Å²) >= 11 is 0. The van der Waals surface area contributed by atoms with Crippen molar-refractivity contribution in [1.82, 2.24) is 5.32 Å². The number of nitrogens with one attached hydrogen (secondary N) is 1. The van der Waals surface area contributed by atoms with Crippen molar-refractivity contribution in [3.63, 3.8) is 0 Å². The zero-order chi connectivity index (χ0) is 15.3. The lowest BCUT2D eigenvalue weighted by Crippen LogP contribution is -2.36. The van der Waals surface area contributed by atoms with Crippen molar-refractivity contribution in [2.45, 2.75) is 33.3 Å². The second-order valence-electron chi connectivity index (χ2n) is 4.93. The number of carbonyl (C=O) groups excluding carboxylic acids is 1. The van der Waals surface area contributed by atoms with E-state index >= 15 is 0 Å². The van der Waals surface area contributed by atoms with E-state index in [0.717, 1.165) is 6.42 Å². The van der Waals surface area contributed by atoms with E-state index in [-0.39, 0.29) is 18.3 Å². The summed E-state index contributed by atoms with van der Waals surface area (Å²) < 4.78 is 13.7. The lowest BCUT2D eigenvalue weighted by atomic mass is 10.0. The lowest BCUT2D eigenvalue weighted by molar-refractivity contribution is -0.119. The quantitative estimate of drug-likeness (QED) is 0.840. The maximum atomic E-state index is 13.7. The van der Waals surface area contributed by atoms with Crippen LogP contribution < -0.4 is 10.2 Å². The van der Waals surface area contributed by atoms with Crippen molar-refractivity contribution < 1.29 is 14.3 Å². The van der Waals surface area contributed by atoms with E-state index in [0.29, 0.717) is 23.4 Å². The fourth-order valence-corrected chi connectivity index (χ4v) is 2.10. The predicted molar refractivity (Wildman–Crippen MR) is 78.3 cm³/mol. The Labute approximate surface area is 119 Å². The molecule has 0 saturated heterocycles. The van der Waals surface area contributed by atoms with Crippen LogP contribution in [0.1, 0.15) is 37.5 Å². The number of halogens is 1. The average molecular weight is 282 g/mol. The van der Waals surface area contributed by atoms with Gasteiger partial charge in [-0.1, -0.05) is 6.92 Å². The van der Waals surface area contributed by atoms with E-state index in [4.69, 9.17) is 0 Å². The van der Waals surface area contributed by atoms with E-state index in [1.807, 2.05) is 11.8 Å². The van der Waals surface area contributed by atoms with Crippen LogP contribution in [0.15, 0.2) is 12.1 Å². The Kier molecular flexibility index (Phi) is 5.95. The number of carbonyl (C=O) groups is 1. The monoisotopic (exact) mass is 282 g/mol. The van der Waals surface area contributed by atoms with Gasteiger partial charge in [-0.15, -0.1) is 0 Å². The van der Waals surface area contributed by atoms with E-state index in [2.05, 4.69) is 5.32 Å². The molecule has 1 aromatic carbocycles. The Balaban J connectivity index is 3.23. The smallest absolute Gasteiger partial charge is 0.239 e. The number of hydrogen-bond donors (Lipinski definition) is 2. The van der Waals surface area contributed by atoms with Gasteiger partial charge in [0.25, 0.3) is 0 Å². The number of amides is 1. The van der Waals surface area contributed by atoms with Crippen molar-refractivity contribution in [2.75, 3.05) is 25.0 Å². The summed E-state index contributed by atoms with van der Waals surface area (Å²) in [7, 11) is 1.58. The van der Waals surface area contributed by atoms with Gasteiger partial charge in [0, 0.05) is 24.8 Å². The summed E-state index contributed by atoms with van der Waals surface area (Å²) in [6.45, 7) is 6.13. The highest BCUT2D eigenvalue weighted by Crippen LogP contribution is 2.29. The van der Waals surface area contributed by atoms with E-state index in [1.54, 1.807) is 27.0 Å².